The van der Waals surface area contributed by atoms with E-state index in [1.165, 1.54) is 0 Å². The van der Waals surface area contributed by atoms with Crippen molar-refractivity contribution >= 4 is 23.5 Å². The fourth-order valence-electron chi connectivity index (χ4n) is 3.54. The Balaban J connectivity index is 1.56. The predicted molar refractivity (Wildman–Crippen MR) is 112 cm³/mol. The normalized spacial score (nSPS) is 17.8. The Labute approximate surface area is 175 Å². The molecular formula is C23H24ClNO4. The summed E-state index contributed by atoms with van der Waals surface area (Å²) in [5.41, 5.74) is 2.19. The molecule has 1 fully saturated rings. The van der Waals surface area contributed by atoms with E-state index in [2.05, 4.69) is 0 Å². The average Bonchev–Trinajstić information content (AvgIpc) is 3.04. The van der Waals surface area contributed by atoms with Crippen molar-refractivity contribution in [3.05, 3.63) is 82.4 Å². The Hall–Kier alpha value is -2.63. The monoisotopic (exact) mass is 413 g/mol. The Morgan fingerprint density at radius 2 is 1.97 bits per heavy atom. The van der Waals surface area contributed by atoms with Gasteiger partial charge in [-0.15, -0.1) is 0 Å². The van der Waals surface area contributed by atoms with E-state index in [1.54, 1.807) is 36.4 Å². The molecule has 1 aliphatic rings. The van der Waals surface area contributed by atoms with E-state index < -0.39 is 12.1 Å². The van der Waals surface area contributed by atoms with Gasteiger partial charge in [0.05, 0.1) is 17.7 Å². The lowest BCUT2D eigenvalue weighted by Crippen LogP contribution is -2.33. The number of hydrogen-bond donors (Lipinski definition) is 2. The number of benzene rings is 2. The summed E-state index contributed by atoms with van der Waals surface area (Å²) in [6, 6.07) is 14.1. The molecule has 5 nitrogen and oxygen atoms in total. The molecule has 2 aromatic carbocycles. The van der Waals surface area contributed by atoms with Crippen molar-refractivity contribution in [2.45, 2.75) is 37.8 Å². The zero-order valence-electron chi connectivity index (χ0n) is 16.0. The Morgan fingerprint density at radius 3 is 2.66 bits per heavy atom. The maximum absolute atomic E-state index is 12.3. The van der Waals surface area contributed by atoms with Crippen LogP contribution >= 0.6 is 11.6 Å². The van der Waals surface area contributed by atoms with Crippen molar-refractivity contribution in [1.29, 1.82) is 0 Å². The van der Waals surface area contributed by atoms with Crippen molar-refractivity contribution in [3.8, 4) is 0 Å². The Kier molecular flexibility index (Phi) is 7.07. The van der Waals surface area contributed by atoms with E-state index in [4.69, 9.17) is 16.7 Å². The van der Waals surface area contributed by atoms with Crippen LogP contribution in [0.5, 0.6) is 0 Å². The van der Waals surface area contributed by atoms with Gasteiger partial charge in [0.1, 0.15) is 0 Å². The molecule has 1 aliphatic heterocycles. The van der Waals surface area contributed by atoms with Gasteiger partial charge < -0.3 is 15.1 Å². The molecule has 1 amide bonds. The third-order valence-electron chi connectivity index (χ3n) is 5.11. The quantitative estimate of drug-likeness (QED) is 0.646. The molecule has 2 N–H and O–H groups in total. The minimum Gasteiger partial charge on any atom is -0.478 e. The van der Waals surface area contributed by atoms with Gasteiger partial charge in [-0.3, -0.25) is 4.79 Å². The summed E-state index contributed by atoms with van der Waals surface area (Å²) >= 11 is 5.98. The molecular weight excluding hydrogens is 390 g/mol. The lowest BCUT2D eigenvalue weighted by atomic mass is 10.1. The average molecular weight is 414 g/mol. The molecule has 2 atom stereocenters. The van der Waals surface area contributed by atoms with E-state index in [0.717, 1.165) is 17.5 Å². The van der Waals surface area contributed by atoms with Crippen molar-refractivity contribution in [2.24, 2.45) is 0 Å². The number of carbonyl (C=O) groups excluding carboxylic acids is 1. The summed E-state index contributed by atoms with van der Waals surface area (Å²) in [5.74, 6) is -0.848. The number of hydrogen-bond acceptors (Lipinski definition) is 3. The number of carbonyl (C=O) groups is 2. The first-order chi connectivity index (χ1) is 13.9. The first-order valence-electron chi connectivity index (χ1n) is 9.65. The first kappa shape index (κ1) is 21.1. The highest BCUT2D eigenvalue weighted by Gasteiger charge is 2.28. The Bertz CT molecular complexity index is 894. The second kappa shape index (κ2) is 9.72. The van der Waals surface area contributed by atoms with Gasteiger partial charge >= 0.3 is 5.97 Å². The van der Waals surface area contributed by atoms with Crippen LogP contribution < -0.4 is 0 Å². The second-order valence-corrected chi connectivity index (χ2v) is 7.67. The molecule has 2 unspecified atom stereocenters. The number of nitrogens with zero attached hydrogens (tertiary/aromatic N) is 1. The molecule has 0 radical (unpaired) electrons. The van der Waals surface area contributed by atoms with Crippen molar-refractivity contribution in [3.63, 3.8) is 0 Å². The van der Waals surface area contributed by atoms with Crippen LogP contribution in [0.15, 0.2) is 60.7 Å². The SMILES string of the molecule is O=C(O)c1ccc(CCN2C(=O)CCC2/C=C/C(O)Cc2cccc(Cl)c2)cc1. The van der Waals surface area contributed by atoms with Crippen LogP contribution in [-0.2, 0) is 17.6 Å². The summed E-state index contributed by atoms with van der Waals surface area (Å²) in [4.78, 5) is 25.0. The van der Waals surface area contributed by atoms with Gasteiger partial charge in [0.25, 0.3) is 0 Å². The molecule has 6 heteroatoms. The topological polar surface area (TPSA) is 77.8 Å². The largest absolute Gasteiger partial charge is 0.478 e. The molecule has 0 spiro atoms. The van der Waals surface area contributed by atoms with Gasteiger partial charge in [0, 0.05) is 24.4 Å². The number of carboxylic acid groups (broad SMARTS) is 1. The lowest BCUT2D eigenvalue weighted by Gasteiger charge is -2.23. The van der Waals surface area contributed by atoms with Crippen LogP contribution in [0.4, 0.5) is 0 Å². The summed E-state index contributed by atoms with van der Waals surface area (Å²) < 4.78 is 0. The van der Waals surface area contributed by atoms with E-state index in [9.17, 15) is 14.7 Å². The minimum absolute atomic E-state index is 0.0326. The molecule has 29 heavy (non-hydrogen) atoms. The summed E-state index contributed by atoms with van der Waals surface area (Å²) in [5, 5.41) is 19.9. The number of aliphatic hydroxyl groups excluding tert-OH is 1. The van der Waals surface area contributed by atoms with Gasteiger partial charge in [-0.25, -0.2) is 4.79 Å². The number of aliphatic hydroxyl groups is 1. The minimum atomic E-state index is -0.951. The van der Waals surface area contributed by atoms with Crippen LogP contribution in [0.2, 0.25) is 5.02 Å². The highest BCUT2D eigenvalue weighted by molar-refractivity contribution is 6.30. The third kappa shape index (κ3) is 5.92. The fourth-order valence-corrected chi connectivity index (χ4v) is 3.75. The highest BCUT2D eigenvalue weighted by atomic mass is 35.5. The highest BCUT2D eigenvalue weighted by Crippen LogP contribution is 2.21. The van der Waals surface area contributed by atoms with Crippen LogP contribution in [0.1, 0.15) is 34.3 Å². The standard InChI is InChI=1S/C23H24ClNO4/c24-19-3-1-2-17(14-19)15-21(26)10-8-20-9-11-22(27)25(20)13-12-16-4-6-18(7-5-16)23(28)29/h1-8,10,14,20-21,26H,9,11-13,15H2,(H,28,29)/b10-8+. The molecule has 0 aliphatic carbocycles. The van der Waals surface area contributed by atoms with Gasteiger partial charge in [-0.1, -0.05) is 48.0 Å². The number of likely N-dealkylation sites (tertiary alicyclic amines) is 1. The lowest BCUT2D eigenvalue weighted by molar-refractivity contribution is -0.128. The molecule has 0 saturated carbocycles. The second-order valence-electron chi connectivity index (χ2n) is 7.23. The van der Waals surface area contributed by atoms with E-state index in [0.29, 0.717) is 30.8 Å². The molecule has 2 aromatic rings. The van der Waals surface area contributed by atoms with Crippen molar-refractivity contribution in [1.82, 2.24) is 4.90 Å². The molecule has 1 saturated heterocycles. The Morgan fingerprint density at radius 1 is 1.21 bits per heavy atom. The molecule has 3 rings (SSSR count). The van der Waals surface area contributed by atoms with Crippen LogP contribution in [0, 0.1) is 0 Å². The number of aromatic carboxylic acids is 1. The zero-order chi connectivity index (χ0) is 20.8. The van der Waals surface area contributed by atoms with E-state index in [-0.39, 0.29) is 17.5 Å². The maximum Gasteiger partial charge on any atom is 0.335 e. The van der Waals surface area contributed by atoms with Gasteiger partial charge in [0.2, 0.25) is 5.91 Å². The molecule has 0 aromatic heterocycles. The van der Waals surface area contributed by atoms with E-state index >= 15 is 0 Å². The first-order valence-corrected chi connectivity index (χ1v) is 10.0. The maximum atomic E-state index is 12.3. The van der Waals surface area contributed by atoms with Crippen molar-refractivity contribution < 1.29 is 19.8 Å². The zero-order valence-corrected chi connectivity index (χ0v) is 16.8. The number of halogens is 1. The van der Waals surface area contributed by atoms with Crippen LogP contribution in [0.3, 0.4) is 0 Å². The van der Waals surface area contributed by atoms with Gasteiger partial charge in [-0.2, -0.15) is 0 Å². The van der Waals surface area contributed by atoms with Crippen LogP contribution in [-0.4, -0.2) is 45.7 Å². The predicted octanol–water partition coefficient (Wildman–Crippen LogP) is 3.73. The van der Waals surface area contributed by atoms with E-state index in [1.807, 2.05) is 29.2 Å². The number of carboxylic acids is 1. The number of rotatable bonds is 8. The summed E-state index contributed by atoms with van der Waals surface area (Å²) in [6.07, 6.45) is 5.37. The summed E-state index contributed by atoms with van der Waals surface area (Å²) in [6.45, 7) is 0.560. The molecule has 1 heterocycles. The smallest absolute Gasteiger partial charge is 0.335 e. The van der Waals surface area contributed by atoms with Crippen LogP contribution in [0.25, 0.3) is 0 Å². The molecule has 0 bridgehead atoms. The molecule has 152 valence electrons. The third-order valence-corrected chi connectivity index (χ3v) is 5.34. The van der Waals surface area contributed by atoms with Crippen molar-refractivity contribution in [2.75, 3.05) is 6.54 Å². The summed E-state index contributed by atoms with van der Waals surface area (Å²) in [7, 11) is 0. The fraction of sp³-hybridized carbons (Fsp3) is 0.304. The van der Waals surface area contributed by atoms with Gasteiger partial charge in [0.15, 0.2) is 0 Å². The number of amides is 1. The van der Waals surface area contributed by atoms with Gasteiger partial charge in [-0.05, 0) is 48.2 Å².